The molecule has 5 N–H and O–H groups in total. The molecule has 0 spiro atoms. The van der Waals surface area contributed by atoms with Crippen LogP contribution in [0.2, 0.25) is 0 Å². The lowest BCUT2D eigenvalue weighted by molar-refractivity contribution is -0.142. The van der Waals surface area contributed by atoms with Crippen molar-refractivity contribution in [2.75, 3.05) is 6.54 Å². The van der Waals surface area contributed by atoms with Crippen LogP contribution in [0.3, 0.4) is 0 Å². The van der Waals surface area contributed by atoms with E-state index >= 15 is 0 Å². The first-order chi connectivity index (χ1) is 8.22. The van der Waals surface area contributed by atoms with Crippen LogP contribution >= 0.6 is 0 Å². The summed E-state index contributed by atoms with van der Waals surface area (Å²) >= 11 is 0. The molecule has 1 fully saturated rings. The van der Waals surface area contributed by atoms with E-state index in [0.717, 1.165) is 25.7 Å². The SMILES string of the molecule is CC(O)(CNC(=O)CC1(N)CCCC1)CC(=O)O. The van der Waals surface area contributed by atoms with E-state index in [1.54, 1.807) is 0 Å². The molecule has 1 atom stereocenters. The van der Waals surface area contributed by atoms with Crippen LogP contribution in [0, 0.1) is 0 Å². The Bertz CT molecular complexity index is 322. The third-order valence-corrected chi connectivity index (χ3v) is 3.31. The molecule has 104 valence electrons. The molecule has 0 radical (unpaired) electrons. The second kappa shape index (κ2) is 5.67. The van der Waals surface area contributed by atoms with Gasteiger partial charge in [0, 0.05) is 18.5 Å². The fraction of sp³-hybridized carbons (Fsp3) is 0.833. The number of hydrogen-bond acceptors (Lipinski definition) is 4. The Balaban J connectivity index is 2.34. The van der Waals surface area contributed by atoms with Gasteiger partial charge < -0.3 is 21.3 Å². The minimum Gasteiger partial charge on any atom is -0.481 e. The van der Waals surface area contributed by atoms with Crippen molar-refractivity contribution in [3.05, 3.63) is 0 Å². The topological polar surface area (TPSA) is 113 Å². The minimum atomic E-state index is -1.43. The van der Waals surface area contributed by atoms with Gasteiger partial charge in [0.1, 0.15) is 0 Å². The molecular weight excluding hydrogens is 236 g/mol. The lowest BCUT2D eigenvalue weighted by atomic mass is 9.94. The van der Waals surface area contributed by atoms with Crippen molar-refractivity contribution in [1.29, 1.82) is 0 Å². The van der Waals surface area contributed by atoms with Gasteiger partial charge in [-0.15, -0.1) is 0 Å². The van der Waals surface area contributed by atoms with Gasteiger partial charge in [0.05, 0.1) is 12.0 Å². The molecule has 1 aliphatic rings. The zero-order chi connectivity index (χ0) is 13.8. The van der Waals surface area contributed by atoms with E-state index < -0.39 is 23.5 Å². The molecule has 0 saturated heterocycles. The van der Waals surface area contributed by atoms with Crippen LogP contribution in [0.5, 0.6) is 0 Å². The van der Waals surface area contributed by atoms with E-state index in [1.807, 2.05) is 0 Å². The van der Waals surface area contributed by atoms with Gasteiger partial charge in [-0.05, 0) is 19.8 Å². The van der Waals surface area contributed by atoms with Crippen molar-refractivity contribution in [1.82, 2.24) is 5.32 Å². The maximum absolute atomic E-state index is 11.7. The van der Waals surface area contributed by atoms with Crippen LogP contribution in [-0.2, 0) is 9.59 Å². The molecule has 0 heterocycles. The molecule has 18 heavy (non-hydrogen) atoms. The Kier molecular flexibility index (Phi) is 4.70. The van der Waals surface area contributed by atoms with E-state index in [4.69, 9.17) is 10.8 Å². The van der Waals surface area contributed by atoms with Crippen molar-refractivity contribution in [3.63, 3.8) is 0 Å². The van der Waals surface area contributed by atoms with E-state index in [0.29, 0.717) is 0 Å². The summed E-state index contributed by atoms with van der Waals surface area (Å²) in [4.78, 5) is 22.2. The Hall–Kier alpha value is -1.14. The molecule has 1 aliphatic carbocycles. The molecule has 1 amide bonds. The van der Waals surface area contributed by atoms with Crippen LogP contribution in [-0.4, -0.2) is 39.8 Å². The van der Waals surface area contributed by atoms with E-state index in [1.165, 1.54) is 6.92 Å². The summed E-state index contributed by atoms with van der Waals surface area (Å²) < 4.78 is 0. The number of aliphatic carboxylic acids is 1. The van der Waals surface area contributed by atoms with Crippen LogP contribution in [0.15, 0.2) is 0 Å². The Labute approximate surface area is 107 Å². The van der Waals surface area contributed by atoms with Gasteiger partial charge in [0.15, 0.2) is 0 Å². The van der Waals surface area contributed by atoms with Gasteiger partial charge in [0.25, 0.3) is 0 Å². The summed E-state index contributed by atoms with van der Waals surface area (Å²) in [6.45, 7) is 1.31. The first-order valence-electron chi connectivity index (χ1n) is 6.22. The van der Waals surface area contributed by atoms with Gasteiger partial charge in [-0.2, -0.15) is 0 Å². The quantitative estimate of drug-likeness (QED) is 0.535. The fourth-order valence-corrected chi connectivity index (χ4v) is 2.32. The van der Waals surface area contributed by atoms with Crippen LogP contribution in [0.1, 0.15) is 45.4 Å². The second-order valence-electron chi connectivity index (χ2n) is 5.59. The molecule has 0 bridgehead atoms. The predicted molar refractivity (Wildman–Crippen MR) is 65.9 cm³/mol. The predicted octanol–water partition coefficient (Wildman–Crippen LogP) is -0.0101. The minimum absolute atomic E-state index is 0.0752. The molecule has 0 aliphatic heterocycles. The number of hydrogen-bond donors (Lipinski definition) is 4. The normalized spacial score (nSPS) is 21.3. The highest BCUT2D eigenvalue weighted by Gasteiger charge is 2.32. The Morgan fingerprint density at radius 2 is 1.94 bits per heavy atom. The lowest BCUT2D eigenvalue weighted by Crippen LogP contribution is -2.46. The van der Waals surface area contributed by atoms with Crippen molar-refractivity contribution in [2.45, 2.75) is 56.6 Å². The van der Waals surface area contributed by atoms with E-state index in [2.05, 4.69) is 5.32 Å². The standard InChI is InChI=1S/C12H22N2O4/c1-11(18,7-10(16)17)8-14-9(15)6-12(13)4-2-3-5-12/h18H,2-8,13H2,1H3,(H,14,15)(H,16,17). The first-order valence-corrected chi connectivity index (χ1v) is 6.22. The summed E-state index contributed by atoms with van der Waals surface area (Å²) in [5.41, 5.74) is 4.20. The lowest BCUT2D eigenvalue weighted by Gasteiger charge is -2.25. The van der Waals surface area contributed by atoms with Gasteiger partial charge >= 0.3 is 5.97 Å². The molecule has 0 aromatic rings. The van der Waals surface area contributed by atoms with Crippen molar-refractivity contribution >= 4 is 11.9 Å². The number of carboxylic acid groups (broad SMARTS) is 1. The van der Waals surface area contributed by atoms with Gasteiger partial charge in [-0.3, -0.25) is 9.59 Å². The molecule has 0 aromatic carbocycles. The first kappa shape index (κ1) is 14.9. The van der Waals surface area contributed by atoms with E-state index in [9.17, 15) is 14.7 Å². The largest absolute Gasteiger partial charge is 0.481 e. The summed E-state index contributed by atoms with van der Waals surface area (Å²) in [5.74, 6) is -1.33. The van der Waals surface area contributed by atoms with Gasteiger partial charge in [-0.25, -0.2) is 0 Å². The van der Waals surface area contributed by atoms with Crippen LogP contribution < -0.4 is 11.1 Å². The number of nitrogens with one attached hydrogen (secondary N) is 1. The number of amides is 1. The van der Waals surface area contributed by atoms with Gasteiger partial charge in [0.2, 0.25) is 5.91 Å². The number of rotatable bonds is 6. The number of aliphatic hydroxyl groups is 1. The van der Waals surface area contributed by atoms with Crippen LogP contribution in [0.4, 0.5) is 0 Å². The Morgan fingerprint density at radius 3 is 2.44 bits per heavy atom. The zero-order valence-corrected chi connectivity index (χ0v) is 10.7. The summed E-state index contributed by atoms with van der Waals surface area (Å²) in [6.07, 6.45) is 3.59. The molecule has 1 saturated carbocycles. The zero-order valence-electron chi connectivity index (χ0n) is 10.7. The highest BCUT2D eigenvalue weighted by Crippen LogP contribution is 2.29. The number of carbonyl (C=O) groups excluding carboxylic acids is 1. The third-order valence-electron chi connectivity index (χ3n) is 3.31. The smallest absolute Gasteiger partial charge is 0.306 e. The molecule has 0 aromatic heterocycles. The number of carboxylic acids is 1. The van der Waals surface area contributed by atoms with Crippen LogP contribution in [0.25, 0.3) is 0 Å². The summed E-state index contributed by atoms with van der Waals surface area (Å²) in [6, 6.07) is 0. The van der Waals surface area contributed by atoms with Crippen molar-refractivity contribution < 1.29 is 19.8 Å². The third kappa shape index (κ3) is 5.01. The van der Waals surface area contributed by atoms with Gasteiger partial charge in [-0.1, -0.05) is 12.8 Å². The van der Waals surface area contributed by atoms with E-state index in [-0.39, 0.29) is 18.9 Å². The van der Waals surface area contributed by atoms with Crippen molar-refractivity contribution in [2.24, 2.45) is 5.73 Å². The highest BCUT2D eigenvalue weighted by molar-refractivity contribution is 5.77. The molecular formula is C12H22N2O4. The molecule has 1 rings (SSSR count). The number of nitrogens with two attached hydrogens (primary N) is 1. The number of carbonyl (C=O) groups is 2. The maximum atomic E-state index is 11.7. The maximum Gasteiger partial charge on any atom is 0.306 e. The summed E-state index contributed by atoms with van der Waals surface area (Å²) in [7, 11) is 0. The monoisotopic (exact) mass is 258 g/mol. The second-order valence-corrected chi connectivity index (χ2v) is 5.59. The fourth-order valence-electron chi connectivity index (χ4n) is 2.32. The van der Waals surface area contributed by atoms with Crippen molar-refractivity contribution in [3.8, 4) is 0 Å². The molecule has 6 nitrogen and oxygen atoms in total. The summed E-state index contributed by atoms with van der Waals surface area (Å²) in [5, 5.41) is 20.9. The Morgan fingerprint density at radius 1 is 1.39 bits per heavy atom. The average Bonchev–Trinajstić information content (AvgIpc) is 2.60. The average molecular weight is 258 g/mol. The molecule has 6 heteroatoms. The molecule has 1 unspecified atom stereocenters. The highest BCUT2D eigenvalue weighted by atomic mass is 16.4.